The molecule has 17 atom stereocenters. The number of thiocarbonyl (C=S) groups is 1. The molecule has 1 aromatic heterocycles. The molecule has 0 aromatic carbocycles. The highest BCUT2D eigenvalue weighted by atomic mass is 32.1. The fourth-order valence-corrected chi connectivity index (χ4v) is 10.4. The lowest BCUT2D eigenvalue weighted by Gasteiger charge is -2.47. The van der Waals surface area contributed by atoms with Crippen molar-refractivity contribution in [3.63, 3.8) is 0 Å². The minimum atomic E-state index is -1.90. The first kappa shape index (κ1) is 60.1. The highest BCUT2D eigenvalue weighted by Gasteiger charge is 2.51. The van der Waals surface area contributed by atoms with E-state index in [1.807, 2.05) is 58.8 Å². The van der Waals surface area contributed by atoms with Crippen LogP contribution in [0.4, 0.5) is 11.5 Å². The average molecular weight is 1020 g/mol. The molecule has 7 N–H and O–H groups in total. The second-order valence-corrected chi connectivity index (χ2v) is 21.2. The summed E-state index contributed by atoms with van der Waals surface area (Å²) in [5.41, 5.74) is -2.79. The van der Waals surface area contributed by atoms with Gasteiger partial charge in [-0.1, -0.05) is 20.8 Å². The molecule has 0 saturated carbocycles. The molecule has 20 heteroatoms. The maximum Gasteiger partial charge on any atom is 0.311 e. The first-order chi connectivity index (χ1) is 32.9. The van der Waals surface area contributed by atoms with Gasteiger partial charge in [-0.15, -0.1) is 0 Å². The van der Waals surface area contributed by atoms with Crippen molar-refractivity contribution >= 4 is 34.8 Å². The van der Waals surface area contributed by atoms with Gasteiger partial charge in [-0.25, -0.2) is 4.98 Å². The molecule has 3 aliphatic rings. The quantitative estimate of drug-likeness (QED) is 0.0485. The van der Waals surface area contributed by atoms with E-state index < -0.39 is 90.4 Å². The van der Waals surface area contributed by atoms with Gasteiger partial charge in [0.2, 0.25) is 0 Å². The Bertz CT molecular complexity index is 1710. The highest BCUT2D eigenvalue weighted by Crippen LogP contribution is 2.38. The normalized spacial score (nSPS) is 35.8. The molecule has 0 radical (unpaired) electrons. The lowest BCUT2D eigenvalue weighted by molar-refractivity contribution is -0.306. The summed E-state index contributed by atoms with van der Waals surface area (Å²) in [4.78, 5) is 25.4. The smallest absolute Gasteiger partial charge is 0.311 e. The number of carbonyl (C=O) groups is 1. The fraction of sp³-hybridized carbons (Fsp3) is 0.860. The number of likely N-dealkylation sites (N-methyl/N-ethyl adjacent to an activating group) is 1. The van der Waals surface area contributed by atoms with Gasteiger partial charge in [0.15, 0.2) is 17.7 Å². The number of pyridine rings is 1. The molecule has 0 unspecified atom stereocenters. The van der Waals surface area contributed by atoms with E-state index in [2.05, 4.69) is 25.4 Å². The van der Waals surface area contributed by atoms with Crippen LogP contribution in [-0.2, 0) is 38.0 Å². The van der Waals surface area contributed by atoms with Gasteiger partial charge in [0, 0.05) is 64.3 Å². The van der Waals surface area contributed by atoms with Crippen molar-refractivity contribution in [2.24, 2.45) is 17.8 Å². The number of aromatic nitrogens is 1. The van der Waals surface area contributed by atoms with Gasteiger partial charge < -0.3 is 79.1 Å². The molecule has 0 bridgehead atoms. The standard InChI is InChI=1S/C50H90N6O13S/c1-14-39-50(10,62)44(59)34(6)56(20-15-19-51-48(70)53-37-16-17-40(52-28-37)55-21-24-64-25-22-55)29-30(2)27-49(9,61)45(69-47-42(58)38(54(11)12)26-31(3)65-47)32(4)43(33(5)46(60)67-39)68-41(18-23-63-13)66-36(8)35(7)57/h16-17,28,30-36,38-39,41-45,47,57-59,61-62H,14-15,18-27,29H2,1-13H3,(H2,51,53,70)/t30-,31-,32+,33-,34-,35-,36+,38+,39-,41+,42-,43+,44-,45-,47+,49-,50-/m1/s1. The molecule has 404 valence electrons. The SMILES string of the molecule is CC[C@H]1OC(=O)[C@H](C)[C@@H](O[C@@H](CCOC)O[C@@H](C)[C@@H](C)O)[C@H](C)[C@@H](O[C@@H]2O[C@H](C)C[C@H](N(C)C)[C@H]2O)[C@](C)(O)C[C@@H](C)CN(CCCNC(=S)Nc2ccc(N3CCOCC3)nc2)[C@H](C)[C@@H](O)[C@]1(C)O. The van der Waals surface area contributed by atoms with Crippen LogP contribution in [0, 0.1) is 17.8 Å². The Kier molecular flexibility index (Phi) is 23.9. The molecule has 1 aromatic rings. The third kappa shape index (κ3) is 16.8. The van der Waals surface area contributed by atoms with Crippen molar-refractivity contribution in [3.8, 4) is 0 Å². The van der Waals surface area contributed by atoms with Crippen LogP contribution in [-0.4, -0.2) is 210 Å². The van der Waals surface area contributed by atoms with Crippen LogP contribution < -0.4 is 15.5 Å². The van der Waals surface area contributed by atoms with Gasteiger partial charge in [-0.05, 0) is 119 Å². The molecule has 0 spiro atoms. The summed E-state index contributed by atoms with van der Waals surface area (Å²) in [6.07, 6.45) is -6.27. The number of aliphatic hydroxyl groups is 5. The monoisotopic (exact) mass is 1010 g/mol. The summed E-state index contributed by atoms with van der Waals surface area (Å²) in [6, 6.07) is 2.93. The zero-order valence-corrected chi connectivity index (χ0v) is 45.1. The Morgan fingerprint density at radius 1 is 1.09 bits per heavy atom. The van der Waals surface area contributed by atoms with Crippen LogP contribution in [0.5, 0.6) is 0 Å². The van der Waals surface area contributed by atoms with Crippen LogP contribution >= 0.6 is 12.2 Å². The molecule has 4 heterocycles. The summed E-state index contributed by atoms with van der Waals surface area (Å²) < 4.78 is 43.2. The molecule has 0 amide bonds. The summed E-state index contributed by atoms with van der Waals surface area (Å²) in [7, 11) is 5.32. The number of hydrogen-bond donors (Lipinski definition) is 7. The van der Waals surface area contributed by atoms with Crippen LogP contribution in [0.3, 0.4) is 0 Å². The van der Waals surface area contributed by atoms with Crippen molar-refractivity contribution in [3.05, 3.63) is 18.3 Å². The van der Waals surface area contributed by atoms with Gasteiger partial charge in [0.05, 0.1) is 73.7 Å². The van der Waals surface area contributed by atoms with E-state index in [0.717, 1.165) is 24.6 Å². The maximum absolute atomic E-state index is 14.6. The van der Waals surface area contributed by atoms with Crippen LogP contribution in [0.15, 0.2) is 18.3 Å². The van der Waals surface area contributed by atoms with Gasteiger partial charge >= 0.3 is 5.97 Å². The summed E-state index contributed by atoms with van der Waals surface area (Å²) >= 11 is 5.65. The average Bonchev–Trinajstić information content (AvgIpc) is 3.31. The number of morpholine rings is 1. The number of aliphatic hydroxyl groups excluding tert-OH is 3. The first-order valence-electron chi connectivity index (χ1n) is 25.5. The Balaban J connectivity index is 1.67. The number of hydrogen-bond acceptors (Lipinski definition) is 18. The van der Waals surface area contributed by atoms with E-state index in [1.165, 1.54) is 6.92 Å². The summed E-state index contributed by atoms with van der Waals surface area (Å²) in [6.45, 7) is 22.0. The lowest BCUT2D eigenvalue weighted by atomic mass is 9.77. The Hall–Kier alpha value is -2.41. The van der Waals surface area contributed by atoms with Crippen LogP contribution in [0.1, 0.15) is 101 Å². The van der Waals surface area contributed by atoms with E-state index >= 15 is 0 Å². The first-order valence-corrected chi connectivity index (χ1v) is 25.9. The number of anilines is 2. The van der Waals surface area contributed by atoms with E-state index in [4.69, 9.17) is 45.4 Å². The Labute approximate surface area is 423 Å². The molecule has 3 saturated heterocycles. The maximum atomic E-state index is 14.6. The van der Waals surface area contributed by atoms with Crippen molar-refractivity contribution in [1.29, 1.82) is 0 Å². The van der Waals surface area contributed by atoms with Gasteiger partial charge in [-0.3, -0.25) is 9.69 Å². The van der Waals surface area contributed by atoms with Crippen molar-refractivity contribution in [2.45, 2.75) is 186 Å². The summed E-state index contributed by atoms with van der Waals surface area (Å²) in [5.74, 6) is -1.95. The fourth-order valence-electron chi connectivity index (χ4n) is 10.1. The molecule has 3 aliphatic heterocycles. The Morgan fingerprint density at radius 2 is 1.77 bits per heavy atom. The molecule has 19 nitrogen and oxygen atoms in total. The van der Waals surface area contributed by atoms with Gasteiger partial charge in [-0.2, -0.15) is 0 Å². The van der Waals surface area contributed by atoms with E-state index in [-0.39, 0.29) is 43.9 Å². The van der Waals surface area contributed by atoms with Crippen molar-refractivity contribution < 1.29 is 63.5 Å². The van der Waals surface area contributed by atoms with Crippen molar-refractivity contribution in [2.75, 3.05) is 84.0 Å². The Morgan fingerprint density at radius 3 is 2.37 bits per heavy atom. The summed E-state index contributed by atoms with van der Waals surface area (Å²) in [5, 5.41) is 66.4. The van der Waals surface area contributed by atoms with E-state index in [0.29, 0.717) is 50.8 Å². The zero-order chi connectivity index (χ0) is 52.1. The minimum Gasteiger partial charge on any atom is -0.459 e. The molecule has 3 fully saturated rings. The molecular weight excluding hydrogens is 925 g/mol. The number of nitrogens with zero attached hydrogens (tertiary/aromatic N) is 4. The largest absolute Gasteiger partial charge is 0.459 e. The van der Waals surface area contributed by atoms with E-state index in [9.17, 15) is 30.3 Å². The number of nitrogens with one attached hydrogen (secondary N) is 2. The molecule has 4 rings (SSSR count). The molecule has 0 aliphatic carbocycles. The molecular formula is C50H90N6O13S. The highest BCUT2D eigenvalue weighted by molar-refractivity contribution is 7.80. The van der Waals surface area contributed by atoms with E-state index in [1.54, 1.807) is 47.9 Å². The van der Waals surface area contributed by atoms with Crippen LogP contribution in [0.2, 0.25) is 0 Å². The zero-order valence-electron chi connectivity index (χ0n) is 44.3. The number of esters is 1. The van der Waals surface area contributed by atoms with Crippen LogP contribution in [0.25, 0.3) is 0 Å². The number of cyclic esters (lactones) is 1. The predicted molar refractivity (Wildman–Crippen MR) is 271 cm³/mol. The second kappa shape index (κ2) is 27.8. The van der Waals surface area contributed by atoms with Gasteiger partial charge in [0.1, 0.15) is 29.7 Å². The second-order valence-electron chi connectivity index (χ2n) is 20.8. The number of methoxy groups -OCH3 is 1. The topological polar surface area (TPSA) is 230 Å². The lowest BCUT2D eigenvalue weighted by Crippen LogP contribution is -2.59. The number of rotatable bonds is 18. The number of carbonyl (C=O) groups excluding carboxylic acids is 1. The predicted octanol–water partition coefficient (Wildman–Crippen LogP) is 3.13. The minimum absolute atomic E-state index is 0.170. The third-order valence-electron chi connectivity index (χ3n) is 14.4. The van der Waals surface area contributed by atoms with Crippen molar-refractivity contribution in [1.82, 2.24) is 20.1 Å². The molecule has 70 heavy (non-hydrogen) atoms. The number of ether oxygens (including phenoxy) is 7. The van der Waals surface area contributed by atoms with Gasteiger partial charge in [0.25, 0.3) is 0 Å². The third-order valence-corrected chi connectivity index (χ3v) is 14.7.